The third-order valence-electron chi connectivity index (χ3n) is 2.65. The zero-order valence-electron chi connectivity index (χ0n) is 9.35. The zero-order chi connectivity index (χ0) is 12.0. The van der Waals surface area contributed by atoms with E-state index in [9.17, 15) is 4.79 Å². The van der Waals surface area contributed by atoms with Gasteiger partial charge < -0.3 is 10.6 Å². The first-order valence-corrected chi connectivity index (χ1v) is 5.32. The third kappa shape index (κ3) is 3.27. The molecule has 1 aliphatic rings. The maximum Gasteiger partial charge on any atom is 0.240 e. The van der Waals surface area contributed by atoms with E-state index in [1.54, 1.807) is 4.90 Å². The average molecular weight is 219 g/mol. The van der Waals surface area contributed by atoms with Crippen molar-refractivity contribution in [2.75, 3.05) is 32.7 Å². The van der Waals surface area contributed by atoms with Crippen LogP contribution in [-0.4, -0.2) is 54.5 Å². The molecule has 86 valence electrons. The van der Waals surface area contributed by atoms with Crippen LogP contribution in [0.4, 0.5) is 0 Å². The van der Waals surface area contributed by atoms with Crippen molar-refractivity contribution in [2.24, 2.45) is 5.73 Å². The van der Waals surface area contributed by atoms with E-state index < -0.39 is 6.04 Å². The molecular weight excluding hydrogens is 202 g/mol. The predicted octanol–water partition coefficient (Wildman–Crippen LogP) is -0.886. The van der Waals surface area contributed by atoms with Gasteiger partial charge >= 0.3 is 0 Å². The van der Waals surface area contributed by atoms with E-state index in [-0.39, 0.29) is 5.91 Å². The lowest BCUT2D eigenvalue weighted by atomic mass is 10.2. The van der Waals surface area contributed by atoms with Crippen LogP contribution in [0.3, 0.4) is 0 Å². The van der Waals surface area contributed by atoms with Gasteiger partial charge in [0.05, 0.1) is 12.6 Å². The van der Waals surface area contributed by atoms with Gasteiger partial charge in [0.2, 0.25) is 5.91 Å². The summed E-state index contributed by atoms with van der Waals surface area (Å²) in [5.41, 5.74) is 5.67. The molecule has 0 aromatic rings. The summed E-state index contributed by atoms with van der Waals surface area (Å²) >= 11 is 0. The highest BCUT2D eigenvalue weighted by Crippen LogP contribution is 2.04. The first kappa shape index (κ1) is 12.6. The van der Waals surface area contributed by atoms with Gasteiger partial charge in [0.1, 0.15) is 0 Å². The first-order valence-electron chi connectivity index (χ1n) is 5.32. The van der Waals surface area contributed by atoms with Gasteiger partial charge in [0, 0.05) is 32.6 Å². The summed E-state index contributed by atoms with van der Waals surface area (Å²) in [5, 5.41) is 0. The smallest absolute Gasteiger partial charge is 0.240 e. The lowest BCUT2D eigenvalue weighted by Gasteiger charge is -2.34. The summed E-state index contributed by atoms with van der Waals surface area (Å²) < 4.78 is 0. The average Bonchev–Trinajstić information content (AvgIpc) is 2.30. The summed E-state index contributed by atoms with van der Waals surface area (Å²) in [6.45, 7) is 3.60. The maximum absolute atomic E-state index is 11.8. The number of hydrogen-bond donors (Lipinski definition) is 1. The van der Waals surface area contributed by atoms with Crippen molar-refractivity contribution in [3.8, 4) is 24.7 Å². The highest BCUT2D eigenvalue weighted by Gasteiger charge is 2.24. The highest BCUT2D eigenvalue weighted by molar-refractivity contribution is 5.82. The van der Waals surface area contributed by atoms with Gasteiger partial charge in [-0.05, 0) is 0 Å². The number of amides is 1. The molecule has 1 fully saturated rings. The molecule has 1 rings (SSSR count). The van der Waals surface area contributed by atoms with Gasteiger partial charge in [-0.3, -0.25) is 9.69 Å². The summed E-state index contributed by atoms with van der Waals surface area (Å²) in [5.74, 6) is 4.95. The van der Waals surface area contributed by atoms with Crippen LogP contribution in [0.15, 0.2) is 0 Å². The van der Waals surface area contributed by atoms with E-state index >= 15 is 0 Å². The fourth-order valence-electron chi connectivity index (χ4n) is 1.70. The van der Waals surface area contributed by atoms with Crippen LogP contribution >= 0.6 is 0 Å². The number of terminal acetylenes is 2. The Morgan fingerprint density at radius 2 is 1.88 bits per heavy atom. The van der Waals surface area contributed by atoms with Crippen LogP contribution in [-0.2, 0) is 4.79 Å². The van der Waals surface area contributed by atoms with Crippen LogP contribution in [0.5, 0.6) is 0 Å². The fourth-order valence-corrected chi connectivity index (χ4v) is 1.70. The molecule has 0 aromatic heterocycles. The molecule has 1 unspecified atom stereocenters. The standard InChI is InChI=1S/C12H17N3O/c1-3-5-11(13)12(16)15-9-7-14(6-4-2)8-10-15/h1-2,11H,5-10,13H2. The minimum atomic E-state index is -0.566. The van der Waals surface area contributed by atoms with Crippen LogP contribution in [0, 0.1) is 24.7 Å². The van der Waals surface area contributed by atoms with Gasteiger partial charge in [-0.2, -0.15) is 0 Å². The molecule has 0 bridgehead atoms. The van der Waals surface area contributed by atoms with Crippen LogP contribution in [0.25, 0.3) is 0 Å². The predicted molar refractivity (Wildman–Crippen MR) is 63.3 cm³/mol. The Labute approximate surface area is 96.8 Å². The molecule has 1 saturated heterocycles. The number of hydrogen-bond acceptors (Lipinski definition) is 3. The molecular formula is C12H17N3O. The molecule has 16 heavy (non-hydrogen) atoms. The van der Waals surface area contributed by atoms with Crippen LogP contribution in [0.2, 0.25) is 0 Å². The van der Waals surface area contributed by atoms with Gasteiger partial charge in [0.15, 0.2) is 0 Å². The van der Waals surface area contributed by atoms with Crippen molar-refractivity contribution in [1.82, 2.24) is 9.80 Å². The van der Waals surface area contributed by atoms with Gasteiger partial charge in [-0.25, -0.2) is 0 Å². The summed E-state index contributed by atoms with van der Waals surface area (Å²) in [6, 6.07) is -0.566. The van der Waals surface area contributed by atoms with E-state index in [0.717, 1.165) is 13.1 Å². The van der Waals surface area contributed by atoms with Gasteiger partial charge in [0.25, 0.3) is 0 Å². The Hall–Kier alpha value is -1.49. The van der Waals surface area contributed by atoms with Crippen molar-refractivity contribution in [2.45, 2.75) is 12.5 Å². The Bertz CT molecular complexity index is 318. The number of carbonyl (C=O) groups excluding carboxylic acids is 1. The molecule has 4 nitrogen and oxygen atoms in total. The molecule has 1 amide bonds. The van der Waals surface area contributed by atoms with Crippen molar-refractivity contribution in [1.29, 1.82) is 0 Å². The Kier molecular flexibility index (Phi) is 4.85. The molecule has 0 aliphatic carbocycles. The molecule has 1 aliphatic heterocycles. The third-order valence-corrected chi connectivity index (χ3v) is 2.65. The molecule has 0 aromatic carbocycles. The quantitative estimate of drug-likeness (QED) is 0.627. The summed E-state index contributed by atoms with van der Waals surface area (Å²) in [4.78, 5) is 15.7. The molecule has 1 atom stereocenters. The molecule has 0 saturated carbocycles. The minimum Gasteiger partial charge on any atom is -0.339 e. The van der Waals surface area contributed by atoms with E-state index in [1.807, 2.05) is 0 Å². The normalized spacial score (nSPS) is 18.6. The fraction of sp³-hybridized carbons (Fsp3) is 0.583. The summed E-state index contributed by atoms with van der Waals surface area (Å²) in [7, 11) is 0. The molecule has 1 heterocycles. The number of rotatable bonds is 3. The number of piperazine rings is 1. The van der Waals surface area contributed by atoms with Crippen LogP contribution < -0.4 is 5.73 Å². The zero-order valence-corrected chi connectivity index (χ0v) is 9.35. The van der Waals surface area contributed by atoms with Crippen molar-refractivity contribution in [3.05, 3.63) is 0 Å². The number of nitrogens with zero attached hydrogens (tertiary/aromatic N) is 2. The monoisotopic (exact) mass is 219 g/mol. The van der Waals surface area contributed by atoms with E-state index in [1.165, 1.54) is 0 Å². The van der Waals surface area contributed by atoms with Gasteiger partial charge in [-0.15, -0.1) is 18.8 Å². The lowest BCUT2D eigenvalue weighted by molar-refractivity contribution is -0.134. The lowest BCUT2D eigenvalue weighted by Crippen LogP contribution is -2.53. The second kappa shape index (κ2) is 6.17. The highest BCUT2D eigenvalue weighted by atomic mass is 16.2. The SMILES string of the molecule is C#CCC(N)C(=O)N1CCN(CC#C)CC1. The van der Waals surface area contributed by atoms with Crippen molar-refractivity contribution < 1.29 is 4.79 Å². The number of carbonyl (C=O) groups is 1. The van der Waals surface area contributed by atoms with E-state index in [2.05, 4.69) is 16.7 Å². The van der Waals surface area contributed by atoms with Gasteiger partial charge in [-0.1, -0.05) is 5.92 Å². The second-order valence-electron chi connectivity index (χ2n) is 3.82. The van der Waals surface area contributed by atoms with Crippen LogP contribution in [0.1, 0.15) is 6.42 Å². The topological polar surface area (TPSA) is 49.6 Å². The van der Waals surface area contributed by atoms with Crippen molar-refractivity contribution in [3.63, 3.8) is 0 Å². The number of nitrogens with two attached hydrogens (primary N) is 1. The Balaban J connectivity index is 2.39. The molecule has 0 radical (unpaired) electrons. The first-order chi connectivity index (χ1) is 7.69. The second-order valence-corrected chi connectivity index (χ2v) is 3.82. The maximum atomic E-state index is 11.8. The summed E-state index contributed by atoms with van der Waals surface area (Å²) in [6.07, 6.45) is 10.6. The van der Waals surface area contributed by atoms with E-state index in [4.69, 9.17) is 18.6 Å². The molecule has 0 spiro atoms. The molecule has 2 N–H and O–H groups in total. The van der Waals surface area contributed by atoms with E-state index in [0.29, 0.717) is 26.1 Å². The largest absolute Gasteiger partial charge is 0.339 e. The molecule has 4 heteroatoms. The minimum absolute atomic E-state index is 0.0571. The van der Waals surface area contributed by atoms with Crippen molar-refractivity contribution >= 4 is 5.91 Å². The Morgan fingerprint density at radius 3 is 2.38 bits per heavy atom. The Morgan fingerprint density at radius 1 is 1.25 bits per heavy atom.